The number of amides is 3. The number of nitrogens with zero attached hydrogens (tertiary/aromatic N) is 1. The fourth-order valence-electron chi connectivity index (χ4n) is 2.77. The lowest BCUT2D eigenvalue weighted by Gasteiger charge is -2.14. The number of carbonyl (C=O) groups is 3. The molecule has 3 rings (SSSR count). The van der Waals surface area contributed by atoms with Crippen molar-refractivity contribution in [2.45, 2.75) is 19.8 Å². The summed E-state index contributed by atoms with van der Waals surface area (Å²) in [7, 11) is 0. The third kappa shape index (κ3) is 6.22. The first-order chi connectivity index (χ1) is 14.8. The van der Waals surface area contributed by atoms with E-state index < -0.39 is 17.6 Å². The lowest BCUT2D eigenvalue weighted by atomic mass is 10.1. The maximum atomic E-state index is 12.9. The zero-order valence-electron chi connectivity index (χ0n) is 16.7. The molecule has 0 bridgehead atoms. The number of hydrogen-bond acceptors (Lipinski definition) is 5. The number of thioether (sulfide) groups is 1. The van der Waals surface area contributed by atoms with Crippen LogP contribution in [-0.4, -0.2) is 33.5 Å². The summed E-state index contributed by atoms with van der Waals surface area (Å²) >= 11 is 6.54. The third-order valence-corrected chi connectivity index (χ3v) is 5.83. The van der Waals surface area contributed by atoms with Crippen LogP contribution >= 0.6 is 24.0 Å². The van der Waals surface area contributed by atoms with Gasteiger partial charge in [0.05, 0.1) is 4.91 Å². The molecule has 0 spiro atoms. The summed E-state index contributed by atoms with van der Waals surface area (Å²) in [5.41, 5.74) is 6.85. The molecule has 1 aliphatic heterocycles. The number of thiocarbonyl (C=S) groups is 1. The maximum absolute atomic E-state index is 12.9. The van der Waals surface area contributed by atoms with E-state index in [2.05, 4.69) is 10.9 Å². The first kappa shape index (κ1) is 22.6. The zero-order chi connectivity index (χ0) is 22.4. The number of nitrogens with one attached hydrogen (secondary N) is 2. The van der Waals surface area contributed by atoms with Crippen LogP contribution < -0.4 is 10.9 Å². The fraction of sp³-hybridized carbons (Fsp3) is 0.182. The SMILES string of the molecule is Cc1ccc(/C=C2/SC(=S)N(CCCC(=O)NNC(=O)c3ccc(F)cc3)C2=O)cc1. The number of hydrogen-bond donors (Lipinski definition) is 2. The van der Waals surface area contributed by atoms with Crippen molar-refractivity contribution < 1.29 is 18.8 Å². The largest absolute Gasteiger partial charge is 0.293 e. The normalized spacial score (nSPS) is 14.8. The van der Waals surface area contributed by atoms with Crippen LogP contribution in [0, 0.1) is 12.7 Å². The Labute approximate surface area is 188 Å². The van der Waals surface area contributed by atoms with Crippen molar-refractivity contribution in [3.8, 4) is 0 Å². The van der Waals surface area contributed by atoms with Crippen molar-refractivity contribution in [2.75, 3.05) is 6.54 Å². The Morgan fingerprint density at radius 3 is 2.45 bits per heavy atom. The van der Waals surface area contributed by atoms with Gasteiger partial charge in [-0.2, -0.15) is 0 Å². The first-order valence-electron chi connectivity index (χ1n) is 9.50. The molecule has 31 heavy (non-hydrogen) atoms. The summed E-state index contributed by atoms with van der Waals surface area (Å²) in [6.07, 6.45) is 2.27. The van der Waals surface area contributed by atoms with Crippen LogP contribution in [0.25, 0.3) is 6.08 Å². The minimum atomic E-state index is -0.550. The molecule has 0 atom stereocenters. The Bertz CT molecular complexity index is 1040. The molecule has 1 heterocycles. The summed E-state index contributed by atoms with van der Waals surface area (Å²) in [5.74, 6) is -1.59. The Morgan fingerprint density at radius 2 is 1.77 bits per heavy atom. The van der Waals surface area contributed by atoms with Crippen LogP contribution in [0.1, 0.15) is 34.3 Å². The molecule has 160 valence electrons. The highest BCUT2D eigenvalue weighted by molar-refractivity contribution is 8.26. The molecule has 1 fully saturated rings. The number of halogens is 1. The molecule has 2 N–H and O–H groups in total. The van der Waals surface area contributed by atoms with Crippen molar-refractivity contribution in [1.29, 1.82) is 0 Å². The van der Waals surface area contributed by atoms with Crippen LogP contribution in [0.5, 0.6) is 0 Å². The van der Waals surface area contributed by atoms with Crippen LogP contribution in [0.4, 0.5) is 4.39 Å². The van der Waals surface area contributed by atoms with Gasteiger partial charge in [-0.1, -0.05) is 53.8 Å². The molecule has 6 nitrogen and oxygen atoms in total. The van der Waals surface area contributed by atoms with Gasteiger partial charge in [0, 0.05) is 18.5 Å². The van der Waals surface area contributed by atoms with Crippen LogP contribution in [-0.2, 0) is 9.59 Å². The van der Waals surface area contributed by atoms with E-state index in [1.807, 2.05) is 31.2 Å². The van der Waals surface area contributed by atoms with Gasteiger partial charge in [0.15, 0.2) is 0 Å². The van der Waals surface area contributed by atoms with Gasteiger partial charge in [0.1, 0.15) is 10.1 Å². The van der Waals surface area contributed by atoms with Crippen LogP contribution in [0.3, 0.4) is 0 Å². The highest BCUT2D eigenvalue weighted by atomic mass is 32.2. The molecule has 0 saturated carbocycles. The third-order valence-electron chi connectivity index (χ3n) is 4.46. The van der Waals surface area contributed by atoms with Gasteiger partial charge in [-0.3, -0.25) is 30.1 Å². The maximum Gasteiger partial charge on any atom is 0.269 e. The van der Waals surface area contributed by atoms with E-state index in [1.165, 1.54) is 28.8 Å². The van der Waals surface area contributed by atoms with Gasteiger partial charge >= 0.3 is 0 Å². The Balaban J connectivity index is 1.45. The molecular formula is C22H20FN3O3S2. The number of carbonyl (C=O) groups excluding carboxylic acids is 3. The lowest BCUT2D eigenvalue weighted by Crippen LogP contribution is -2.41. The average Bonchev–Trinajstić information content (AvgIpc) is 3.01. The second kappa shape index (κ2) is 10.3. The van der Waals surface area contributed by atoms with Gasteiger partial charge in [0.25, 0.3) is 11.8 Å². The molecule has 3 amide bonds. The molecule has 9 heteroatoms. The van der Waals surface area contributed by atoms with Gasteiger partial charge in [-0.05, 0) is 49.2 Å². The molecule has 0 aliphatic carbocycles. The topological polar surface area (TPSA) is 78.5 Å². The minimum Gasteiger partial charge on any atom is -0.293 e. The summed E-state index contributed by atoms with van der Waals surface area (Å²) in [5, 5.41) is 0. The minimum absolute atomic E-state index is 0.0950. The van der Waals surface area contributed by atoms with Crippen molar-refractivity contribution in [2.24, 2.45) is 0 Å². The quantitative estimate of drug-likeness (QED) is 0.394. The fourth-order valence-corrected chi connectivity index (χ4v) is 4.08. The lowest BCUT2D eigenvalue weighted by molar-refractivity contribution is -0.124. The summed E-state index contributed by atoms with van der Waals surface area (Å²) in [6, 6.07) is 12.8. The van der Waals surface area contributed by atoms with Gasteiger partial charge < -0.3 is 0 Å². The predicted octanol–water partition coefficient (Wildman–Crippen LogP) is 3.58. The van der Waals surface area contributed by atoms with E-state index >= 15 is 0 Å². The van der Waals surface area contributed by atoms with Crippen molar-refractivity contribution in [1.82, 2.24) is 15.8 Å². The second-order valence-corrected chi connectivity index (χ2v) is 8.53. The highest BCUT2D eigenvalue weighted by Gasteiger charge is 2.31. The molecule has 1 saturated heterocycles. The van der Waals surface area contributed by atoms with E-state index in [4.69, 9.17) is 12.2 Å². The standard InChI is InChI=1S/C22H20FN3O3S2/c1-14-4-6-15(7-5-14)13-18-21(29)26(22(30)31-18)12-2-3-19(27)24-25-20(28)16-8-10-17(23)11-9-16/h4-11,13H,2-3,12H2,1H3,(H,24,27)(H,25,28)/b18-13+. The van der Waals surface area contributed by atoms with E-state index in [9.17, 15) is 18.8 Å². The molecular weight excluding hydrogens is 437 g/mol. The number of hydrazine groups is 1. The van der Waals surface area contributed by atoms with E-state index in [0.29, 0.717) is 22.2 Å². The van der Waals surface area contributed by atoms with E-state index in [-0.39, 0.29) is 17.9 Å². The molecule has 0 aromatic heterocycles. The molecule has 2 aromatic carbocycles. The van der Waals surface area contributed by atoms with Crippen molar-refractivity contribution in [3.63, 3.8) is 0 Å². The van der Waals surface area contributed by atoms with Crippen molar-refractivity contribution in [3.05, 3.63) is 75.9 Å². The van der Waals surface area contributed by atoms with Gasteiger partial charge in [-0.15, -0.1) is 0 Å². The summed E-state index contributed by atoms with van der Waals surface area (Å²) in [6.45, 7) is 2.29. The van der Waals surface area contributed by atoms with Crippen LogP contribution in [0.2, 0.25) is 0 Å². The Kier molecular flexibility index (Phi) is 7.54. The van der Waals surface area contributed by atoms with E-state index in [0.717, 1.165) is 23.3 Å². The Morgan fingerprint density at radius 1 is 1.10 bits per heavy atom. The van der Waals surface area contributed by atoms with Crippen molar-refractivity contribution >= 4 is 52.1 Å². The highest BCUT2D eigenvalue weighted by Crippen LogP contribution is 2.32. The first-order valence-corrected chi connectivity index (χ1v) is 10.7. The number of benzene rings is 2. The van der Waals surface area contributed by atoms with Gasteiger partial charge in [0.2, 0.25) is 5.91 Å². The Hall–Kier alpha value is -3.04. The monoisotopic (exact) mass is 457 g/mol. The molecule has 0 radical (unpaired) electrons. The molecule has 2 aromatic rings. The predicted molar refractivity (Wildman–Crippen MR) is 122 cm³/mol. The average molecular weight is 458 g/mol. The van der Waals surface area contributed by atoms with Crippen LogP contribution in [0.15, 0.2) is 53.4 Å². The second-order valence-electron chi connectivity index (χ2n) is 6.86. The smallest absolute Gasteiger partial charge is 0.269 e. The molecule has 0 unspecified atom stereocenters. The zero-order valence-corrected chi connectivity index (χ0v) is 18.3. The van der Waals surface area contributed by atoms with Gasteiger partial charge in [-0.25, -0.2) is 4.39 Å². The van der Waals surface area contributed by atoms with E-state index in [1.54, 1.807) is 6.08 Å². The number of aryl methyl sites for hydroxylation is 1. The number of rotatable bonds is 6. The summed E-state index contributed by atoms with van der Waals surface area (Å²) < 4.78 is 13.3. The molecule has 1 aliphatic rings. The summed E-state index contributed by atoms with van der Waals surface area (Å²) in [4.78, 5) is 38.5.